The fourth-order valence-corrected chi connectivity index (χ4v) is 2.98. The highest BCUT2D eigenvalue weighted by Crippen LogP contribution is 2.38. The van der Waals surface area contributed by atoms with Gasteiger partial charge >= 0.3 is 6.18 Å². The molecule has 0 heterocycles. The number of nitrogens with zero attached hydrogens (tertiary/aromatic N) is 2. The predicted octanol–water partition coefficient (Wildman–Crippen LogP) is 6.31. The highest BCUT2D eigenvalue weighted by molar-refractivity contribution is 6.34. The van der Waals surface area contributed by atoms with Crippen molar-refractivity contribution in [3.05, 3.63) is 69.2 Å². The average Bonchev–Trinajstić information content (AvgIpc) is 2.55. The van der Waals surface area contributed by atoms with Crippen LogP contribution in [-0.2, 0) is 0 Å². The molecule has 142 valence electrons. The zero-order valence-electron chi connectivity index (χ0n) is 14.2. The molecule has 0 amide bonds. The van der Waals surface area contributed by atoms with Crippen LogP contribution in [0, 0.1) is 6.92 Å². The summed E-state index contributed by atoms with van der Waals surface area (Å²) in [7, 11) is 0. The van der Waals surface area contributed by atoms with Crippen molar-refractivity contribution >= 4 is 47.6 Å². The van der Waals surface area contributed by atoms with E-state index in [0.29, 0.717) is 11.3 Å². The highest BCUT2D eigenvalue weighted by Gasteiger charge is 2.39. The first kappa shape index (κ1) is 21.0. The summed E-state index contributed by atoms with van der Waals surface area (Å²) < 4.78 is 40.5. The molecule has 1 atom stereocenters. The van der Waals surface area contributed by atoms with Crippen molar-refractivity contribution in [1.82, 2.24) is 0 Å². The second-order valence-electron chi connectivity index (χ2n) is 5.67. The second-order valence-corrected chi connectivity index (χ2v) is 6.54. The van der Waals surface area contributed by atoms with Crippen molar-refractivity contribution in [2.75, 3.05) is 0 Å². The molecule has 0 spiro atoms. The SMILES string of the molecule is Cc1cc(/C=C/C(c2cc(Cl)cc(Cl)c2)C(F)(F)F)ccc1N=CN=CN. The molecule has 0 saturated heterocycles. The molecule has 2 aromatic carbocycles. The molecule has 2 rings (SSSR count). The minimum absolute atomic E-state index is 0.0196. The molecule has 0 saturated carbocycles. The fourth-order valence-electron chi connectivity index (χ4n) is 2.43. The van der Waals surface area contributed by atoms with Gasteiger partial charge in [-0.1, -0.05) is 41.4 Å². The van der Waals surface area contributed by atoms with Gasteiger partial charge in [0.1, 0.15) is 6.34 Å². The van der Waals surface area contributed by atoms with E-state index < -0.39 is 12.1 Å². The van der Waals surface area contributed by atoms with Gasteiger partial charge in [-0.3, -0.25) is 0 Å². The smallest absolute Gasteiger partial charge is 0.390 e. The van der Waals surface area contributed by atoms with E-state index in [9.17, 15) is 13.2 Å². The van der Waals surface area contributed by atoms with Crippen LogP contribution >= 0.6 is 23.2 Å². The van der Waals surface area contributed by atoms with Gasteiger partial charge in [0.2, 0.25) is 0 Å². The number of hydrogen-bond donors (Lipinski definition) is 1. The van der Waals surface area contributed by atoms with Gasteiger partial charge in [-0.25, -0.2) is 9.98 Å². The number of benzene rings is 2. The van der Waals surface area contributed by atoms with Gasteiger partial charge < -0.3 is 5.73 Å². The summed E-state index contributed by atoms with van der Waals surface area (Å²) in [5, 5.41) is 0.302. The van der Waals surface area contributed by atoms with Crippen LogP contribution in [0.5, 0.6) is 0 Å². The van der Waals surface area contributed by atoms with Gasteiger partial charge in [-0.2, -0.15) is 13.2 Å². The normalized spacial score (nSPS) is 13.9. The molecule has 0 aliphatic carbocycles. The summed E-state index contributed by atoms with van der Waals surface area (Å²) in [6, 6.07) is 9.00. The summed E-state index contributed by atoms with van der Waals surface area (Å²) in [6.45, 7) is 1.80. The molecule has 8 heteroatoms. The van der Waals surface area contributed by atoms with E-state index in [1.54, 1.807) is 25.1 Å². The Morgan fingerprint density at radius 1 is 1.07 bits per heavy atom. The standard InChI is InChI=1S/C19H16Cl2F3N3/c1-12-6-13(3-5-18(12)27-11-26-10-25)2-4-17(19(22,23)24)14-7-15(20)9-16(21)8-14/h2-11,17H,1H3,(H2,25,26,27)/b4-2+. The monoisotopic (exact) mass is 413 g/mol. The third-order valence-electron chi connectivity index (χ3n) is 3.65. The predicted molar refractivity (Wildman–Crippen MR) is 106 cm³/mol. The summed E-state index contributed by atoms with van der Waals surface area (Å²) in [4.78, 5) is 7.77. The zero-order valence-corrected chi connectivity index (χ0v) is 15.7. The summed E-state index contributed by atoms with van der Waals surface area (Å²) in [6.07, 6.45) is 0.406. The number of allylic oxidation sites excluding steroid dienone is 1. The first-order valence-electron chi connectivity index (χ1n) is 7.78. The first-order valence-corrected chi connectivity index (χ1v) is 8.54. The maximum Gasteiger partial charge on any atom is 0.399 e. The zero-order chi connectivity index (χ0) is 20.0. The third kappa shape index (κ3) is 6.12. The molecular weight excluding hydrogens is 398 g/mol. The van der Waals surface area contributed by atoms with Gasteiger partial charge in [0, 0.05) is 10.0 Å². The van der Waals surface area contributed by atoms with Gasteiger partial charge in [0.05, 0.1) is 17.9 Å². The number of hydrogen-bond acceptors (Lipinski definition) is 1. The molecule has 0 aliphatic rings. The van der Waals surface area contributed by atoms with Crippen molar-refractivity contribution in [3.8, 4) is 0 Å². The number of halogens is 5. The van der Waals surface area contributed by atoms with Crippen molar-refractivity contribution in [2.24, 2.45) is 15.7 Å². The summed E-state index contributed by atoms with van der Waals surface area (Å²) in [5.41, 5.74) is 7.14. The molecule has 0 aromatic heterocycles. The van der Waals surface area contributed by atoms with Gasteiger partial charge in [-0.15, -0.1) is 0 Å². The molecule has 0 bridgehead atoms. The van der Waals surface area contributed by atoms with Crippen LogP contribution in [-0.4, -0.2) is 18.9 Å². The maximum absolute atomic E-state index is 13.5. The lowest BCUT2D eigenvalue weighted by Gasteiger charge is -2.18. The quantitative estimate of drug-likeness (QED) is 0.453. The Morgan fingerprint density at radius 2 is 1.74 bits per heavy atom. The minimum Gasteiger partial charge on any atom is -0.390 e. The van der Waals surface area contributed by atoms with Crippen molar-refractivity contribution < 1.29 is 13.2 Å². The van der Waals surface area contributed by atoms with E-state index in [1.807, 2.05) is 0 Å². The Hall–Kier alpha value is -2.31. The van der Waals surface area contributed by atoms with E-state index in [1.165, 1.54) is 30.6 Å². The minimum atomic E-state index is -4.48. The van der Waals surface area contributed by atoms with Crippen LogP contribution in [0.4, 0.5) is 18.9 Å². The number of rotatable bonds is 5. The Labute approximate surface area is 165 Å². The Balaban J connectivity index is 2.32. The van der Waals surface area contributed by atoms with E-state index in [4.69, 9.17) is 28.9 Å². The molecule has 0 aliphatic heterocycles. The number of alkyl halides is 3. The lowest BCUT2D eigenvalue weighted by atomic mass is 9.97. The summed E-state index contributed by atoms with van der Waals surface area (Å²) in [5.74, 6) is -1.83. The Kier molecular flexibility index (Phi) is 7.05. The topological polar surface area (TPSA) is 50.7 Å². The van der Waals surface area contributed by atoms with Crippen LogP contribution in [0.1, 0.15) is 22.6 Å². The number of nitrogens with two attached hydrogens (primary N) is 1. The van der Waals surface area contributed by atoms with E-state index in [-0.39, 0.29) is 15.6 Å². The Bertz CT molecular complexity index is 870. The average molecular weight is 414 g/mol. The number of aryl methyl sites for hydroxylation is 1. The molecular formula is C19H16Cl2F3N3. The van der Waals surface area contributed by atoms with Gasteiger partial charge in [0.15, 0.2) is 0 Å². The highest BCUT2D eigenvalue weighted by atomic mass is 35.5. The van der Waals surface area contributed by atoms with Crippen molar-refractivity contribution in [3.63, 3.8) is 0 Å². The van der Waals surface area contributed by atoms with Gasteiger partial charge in [0.25, 0.3) is 0 Å². The maximum atomic E-state index is 13.5. The molecule has 2 N–H and O–H groups in total. The number of aliphatic imine (C=N–C) groups is 2. The lowest BCUT2D eigenvalue weighted by Crippen LogP contribution is -2.18. The fraction of sp³-hybridized carbons (Fsp3) is 0.158. The molecule has 3 nitrogen and oxygen atoms in total. The first-order chi connectivity index (χ1) is 12.7. The second kappa shape index (κ2) is 9.06. The van der Waals surface area contributed by atoms with Gasteiger partial charge in [-0.05, 0) is 53.9 Å². The van der Waals surface area contributed by atoms with Crippen LogP contribution in [0.3, 0.4) is 0 Å². The van der Waals surface area contributed by atoms with E-state index >= 15 is 0 Å². The van der Waals surface area contributed by atoms with Crippen molar-refractivity contribution in [1.29, 1.82) is 0 Å². The largest absolute Gasteiger partial charge is 0.399 e. The molecule has 1 unspecified atom stereocenters. The van der Waals surface area contributed by atoms with Crippen LogP contribution in [0.25, 0.3) is 6.08 Å². The lowest BCUT2D eigenvalue weighted by molar-refractivity contribution is -0.139. The molecule has 0 radical (unpaired) electrons. The molecule has 0 fully saturated rings. The van der Waals surface area contributed by atoms with Crippen LogP contribution < -0.4 is 5.73 Å². The summed E-state index contributed by atoms with van der Waals surface area (Å²) >= 11 is 11.7. The molecule has 27 heavy (non-hydrogen) atoms. The molecule has 2 aromatic rings. The third-order valence-corrected chi connectivity index (χ3v) is 4.08. The van der Waals surface area contributed by atoms with Crippen LogP contribution in [0.2, 0.25) is 10.0 Å². The van der Waals surface area contributed by atoms with E-state index in [0.717, 1.165) is 18.0 Å². The van der Waals surface area contributed by atoms with Crippen molar-refractivity contribution in [2.45, 2.75) is 19.0 Å². The van der Waals surface area contributed by atoms with Crippen LogP contribution in [0.15, 0.2) is 52.5 Å². The Morgan fingerprint density at radius 3 is 2.30 bits per heavy atom. The van der Waals surface area contributed by atoms with E-state index in [2.05, 4.69) is 9.98 Å².